The van der Waals surface area contributed by atoms with Crippen LogP contribution in [0.2, 0.25) is 0 Å². The molecule has 0 saturated carbocycles. The molecule has 1 amide bonds. The number of amides is 1. The van der Waals surface area contributed by atoms with E-state index in [-0.39, 0.29) is 12.5 Å². The van der Waals surface area contributed by atoms with Gasteiger partial charge in [-0.2, -0.15) is 0 Å². The van der Waals surface area contributed by atoms with Crippen molar-refractivity contribution in [3.8, 4) is 0 Å². The largest absolute Gasteiger partial charge is 0.395 e. The number of carbonyl (C=O) groups is 1. The van der Waals surface area contributed by atoms with Gasteiger partial charge in [0.25, 0.3) is 5.91 Å². The highest BCUT2D eigenvalue weighted by molar-refractivity contribution is 6.04. The summed E-state index contributed by atoms with van der Waals surface area (Å²) < 4.78 is 0. The summed E-state index contributed by atoms with van der Waals surface area (Å²) >= 11 is 0. The number of nitrogens with zero attached hydrogens (tertiary/aromatic N) is 3. The van der Waals surface area contributed by atoms with E-state index in [1.807, 2.05) is 36.2 Å². The lowest BCUT2D eigenvalue weighted by Gasteiger charge is -2.18. The van der Waals surface area contributed by atoms with Crippen LogP contribution in [-0.4, -0.2) is 41.2 Å². The highest BCUT2D eigenvalue weighted by Gasteiger charge is 2.11. The van der Waals surface area contributed by atoms with E-state index in [2.05, 4.69) is 15.3 Å². The van der Waals surface area contributed by atoms with Gasteiger partial charge < -0.3 is 15.3 Å². The Morgan fingerprint density at radius 1 is 1.27 bits per heavy atom. The Morgan fingerprint density at radius 2 is 1.95 bits per heavy atom. The van der Waals surface area contributed by atoms with Crippen LogP contribution >= 0.6 is 0 Å². The summed E-state index contributed by atoms with van der Waals surface area (Å²) in [4.78, 5) is 22.4. The Hall–Kier alpha value is -2.47. The Balaban J connectivity index is 2.08. The highest BCUT2D eigenvalue weighted by Crippen LogP contribution is 2.17. The molecule has 0 radical (unpaired) electrons. The summed E-state index contributed by atoms with van der Waals surface area (Å²) in [6.45, 7) is 4.24. The van der Waals surface area contributed by atoms with Gasteiger partial charge in [0.15, 0.2) is 0 Å². The van der Waals surface area contributed by atoms with Gasteiger partial charge in [0.05, 0.1) is 17.9 Å². The third kappa shape index (κ3) is 3.79. The lowest BCUT2D eigenvalue weighted by Crippen LogP contribution is -2.21. The van der Waals surface area contributed by atoms with Crippen LogP contribution in [0.4, 0.5) is 11.4 Å². The van der Waals surface area contributed by atoms with E-state index in [1.165, 1.54) is 6.20 Å². The second kappa shape index (κ2) is 7.00. The minimum absolute atomic E-state index is 0.0989. The predicted octanol–water partition coefficient (Wildman–Crippen LogP) is 1.77. The van der Waals surface area contributed by atoms with Gasteiger partial charge in [-0.05, 0) is 38.1 Å². The Kier molecular flexibility index (Phi) is 5.06. The first-order valence-electron chi connectivity index (χ1n) is 7.05. The Morgan fingerprint density at radius 3 is 2.55 bits per heavy atom. The fourth-order valence-electron chi connectivity index (χ4n) is 2.08. The van der Waals surface area contributed by atoms with E-state index >= 15 is 0 Å². The number of nitrogens with one attached hydrogen (secondary N) is 1. The minimum atomic E-state index is -0.228. The highest BCUT2D eigenvalue weighted by atomic mass is 16.3. The van der Waals surface area contributed by atoms with Crippen LogP contribution in [0, 0.1) is 13.8 Å². The first-order chi connectivity index (χ1) is 10.5. The van der Waals surface area contributed by atoms with Crippen molar-refractivity contribution in [3.63, 3.8) is 0 Å². The Labute approximate surface area is 129 Å². The monoisotopic (exact) mass is 300 g/mol. The summed E-state index contributed by atoms with van der Waals surface area (Å²) in [5.41, 5.74) is 2.80. The second-order valence-electron chi connectivity index (χ2n) is 5.06. The SMILES string of the molecule is Cc1ncc(C(=O)Nc2ccc(N(C)CCO)cc2)c(C)n1. The summed E-state index contributed by atoms with van der Waals surface area (Å²) in [6.07, 6.45) is 1.54. The van der Waals surface area contributed by atoms with Crippen LogP contribution in [0.1, 0.15) is 21.9 Å². The number of hydrogen-bond donors (Lipinski definition) is 2. The molecule has 0 aliphatic rings. The summed E-state index contributed by atoms with van der Waals surface area (Å²) in [7, 11) is 1.90. The van der Waals surface area contributed by atoms with Crippen LogP contribution in [0.3, 0.4) is 0 Å². The first-order valence-corrected chi connectivity index (χ1v) is 7.05. The molecular weight excluding hydrogens is 280 g/mol. The molecule has 2 rings (SSSR count). The fourth-order valence-corrected chi connectivity index (χ4v) is 2.08. The van der Waals surface area contributed by atoms with Crippen molar-refractivity contribution in [1.82, 2.24) is 9.97 Å². The molecule has 116 valence electrons. The van der Waals surface area contributed by atoms with Crippen molar-refractivity contribution in [3.05, 3.63) is 47.5 Å². The zero-order valence-electron chi connectivity index (χ0n) is 13.0. The van der Waals surface area contributed by atoms with Crippen molar-refractivity contribution in [1.29, 1.82) is 0 Å². The molecule has 2 aromatic rings. The number of anilines is 2. The normalized spacial score (nSPS) is 10.4. The van der Waals surface area contributed by atoms with Gasteiger partial charge in [0.1, 0.15) is 5.82 Å². The van der Waals surface area contributed by atoms with Crippen molar-refractivity contribution in [2.24, 2.45) is 0 Å². The van der Waals surface area contributed by atoms with E-state index in [0.717, 1.165) is 5.69 Å². The number of rotatable bonds is 5. The van der Waals surface area contributed by atoms with Crippen molar-refractivity contribution >= 4 is 17.3 Å². The predicted molar refractivity (Wildman–Crippen MR) is 86.3 cm³/mol. The van der Waals surface area contributed by atoms with Gasteiger partial charge in [-0.3, -0.25) is 4.79 Å². The summed E-state index contributed by atoms with van der Waals surface area (Å²) in [6, 6.07) is 7.44. The molecule has 0 fully saturated rings. The Bertz CT molecular complexity index is 656. The maximum Gasteiger partial charge on any atom is 0.259 e. The molecule has 0 bridgehead atoms. The number of benzene rings is 1. The molecule has 1 aromatic carbocycles. The molecule has 22 heavy (non-hydrogen) atoms. The molecule has 0 spiro atoms. The van der Waals surface area contributed by atoms with E-state index in [1.54, 1.807) is 13.8 Å². The molecule has 0 atom stereocenters. The van der Waals surface area contributed by atoms with E-state index < -0.39 is 0 Å². The topological polar surface area (TPSA) is 78.4 Å². The third-order valence-corrected chi connectivity index (χ3v) is 3.35. The fraction of sp³-hybridized carbons (Fsp3) is 0.312. The smallest absolute Gasteiger partial charge is 0.259 e. The van der Waals surface area contributed by atoms with Gasteiger partial charge in [0.2, 0.25) is 0 Å². The molecule has 0 saturated heterocycles. The minimum Gasteiger partial charge on any atom is -0.395 e. The third-order valence-electron chi connectivity index (χ3n) is 3.35. The zero-order chi connectivity index (χ0) is 16.1. The molecule has 0 aliphatic heterocycles. The molecular formula is C16H20N4O2. The molecule has 0 unspecified atom stereocenters. The van der Waals surface area contributed by atoms with Gasteiger partial charge in [-0.25, -0.2) is 9.97 Å². The number of hydrogen-bond acceptors (Lipinski definition) is 5. The van der Waals surface area contributed by atoms with Crippen LogP contribution in [0.5, 0.6) is 0 Å². The van der Waals surface area contributed by atoms with Gasteiger partial charge >= 0.3 is 0 Å². The number of aromatic nitrogens is 2. The number of aryl methyl sites for hydroxylation is 2. The van der Waals surface area contributed by atoms with Crippen molar-refractivity contribution in [2.45, 2.75) is 13.8 Å². The van der Waals surface area contributed by atoms with Crippen molar-refractivity contribution in [2.75, 3.05) is 30.4 Å². The number of carbonyl (C=O) groups excluding carboxylic acids is 1. The molecule has 1 heterocycles. The van der Waals surface area contributed by atoms with Crippen LogP contribution in [-0.2, 0) is 0 Å². The van der Waals surface area contributed by atoms with Crippen molar-refractivity contribution < 1.29 is 9.90 Å². The lowest BCUT2D eigenvalue weighted by molar-refractivity contribution is 0.102. The standard InChI is InChI=1S/C16H20N4O2/c1-11-15(10-17-12(2)18-11)16(22)19-13-4-6-14(7-5-13)20(3)8-9-21/h4-7,10,21H,8-9H2,1-3H3,(H,19,22). The van der Waals surface area contributed by atoms with E-state index in [0.29, 0.717) is 29.3 Å². The molecule has 1 aromatic heterocycles. The maximum absolute atomic E-state index is 12.2. The number of aliphatic hydroxyl groups is 1. The van der Waals surface area contributed by atoms with Crippen LogP contribution < -0.4 is 10.2 Å². The van der Waals surface area contributed by atoms with Crippen LogP contribution in [0.25, 0.3) is 0 Å². The number of likely N-dealkylation sites (N-methyl/N-ethyl adjacent to an activating group) is 1. The van der Waals surface area contributed by atoms with Gasteiger partial charge in [0, 0.05) is 31.2 Å². The second-order valence-corrected chi connectivity index (χ2v) is 5.06. The average molecular weight is 300 g/mol. The van der Waals surface area contributed by atoms with Gasteiger partial charge in [-0.1, -0.05) is 0 Å². The van der Waals surface area contributed by atoms with E-state index in [9.17, 15) is 4.79 Å². The number of aliphatic hydroxyl groups excluding tert-OH is 1. The van der Waals surface area contributed by atoms with Gasteiger partial charge in [-0.15, -0.1) is 0 Å². The molecule has 6 heteroatoms. The molecule has 6 nitrogen and oxygen atoms in total. The van der Waals surface area contributed by atoms with E-state index in [4.69, 9.17) is 5.11 Å². The first kappa shape index (κ1) is 15.9. The van der Waals surface area contributed by atoms with Crippen LogP contribution in [0.15, 0.2) is 30.5 Å². The maximum atomic E-state index is 12.2. The zero-order valence-corrected chi connectivity index (χ0v) is 13.0. The summed E-state index contributed by atoms with van der Waals surface area (Å²) in [5.74, 6) is 0.416. The lowest BCUT2D eigenvalue weighted by atomic mass is 10.2. The average Bonchev–Trinajstić information content (AvgIpc) is 2.48. The summed E-state index contributed by atoms with van der Waals surface area (Å²) in [5, 5.41) is 11.8. The molecule has 0 aliphatic carbocycles. The quantitative estimate of drug-likeness (QED) is 0.880. The molecule has 2 N–H and O–H groups in total.